The number of aryl methyl sites for hydroxylation is 2. The third-order valence-corrected chi connectivity index (χ3v) is 8.59. The summed E-state index contributed by atoms with van der Waals surface area (Å²) < 4.78 is 6.38. The van der Waals surface area contributed by atoms with E-state index < -0.39 is 0 Å². The monoisotopic (exact) mass is 448 g/mol. The van der Waals surface area contributed by atoms with Crippen LogP contribution in [0.2, 0.25) is 0 Å². The van der Waals surface area contributed by atoms with Crippen molar-refractivity contribution in [1.29, 1.82) is 0 Å². The number of ether oxygens (including phenoxy) is 1. The van der Waals surface area contributed by atoms with E-state index in [4.69, 9.17) is 14.7 Å². The molecular weight excluding hydrogens is 424 g/mol. The number of hydrogen-bond donors (Lipinski definition) is 0. The van der Waals surface area contributed by atoms with E-state index in [-0.39, 0.29) is 0 Å². The highest BCUT2D eigenvalue weighted by atomic mass is 32.2. The van der Waals surface area contributed by atoms with Crippen molar-refractivity contribution >= 4 is 49.8 Å². The van der Waals surface area contributed by atoms with Crippen molar-refractivity contribution in [2.45, 2.75) is 42.6 Å². The van der Waals surface area contributed by atoms with Crippen LogP contribution in [0.5, 0.6) is 0 Å². The zero-order chi connectivity index (χ0) is 19.8. The lowest BCUT2D eigenvalue weighted by atomic mass is 10.2. The van der Waals surface area contributed by atoms with E-state index in [0.29, 0.717) is 0 Å². The largest absolute Gasteiger partial charge is 0.378 e. The first kappa shape index (κ1) is 19.6. The van der Waals surface area contributed by atoms with E-state index in [2.05, 4.69) is 33.8 Å². The Labute approximate surface area is 182 Å². The summed E-state index contributed by atoms with van der Waals surface area (Å²) in [4.78, 5) is 17.0. The van der Waals surface area contributed by atoms with E-state index >= 15 is 0 Å². The van der Waals surface area contributed by atoms with Crippen LogP contribution in [0.3, 0.4) is 0 Å². The number of thiophene rings is 1. The molecule has 0 atom stereocenters. The van der Waals surface area contributed by atoms with Crippen molar-refractivity contribution < 1.29 is 4.74 Å². The normalized spacial score (nSPS) is 18.2. The summed E-state index contributed by atoms with van der Waals surface area (Å²) in [6.45, 7) is 10.7. The van der Waals surface area contributed by atoms with Gasteiger partial charge >= 0.3 is 0 Å². The highest BCUT2D eigenvalue weighted by molar-refractivity contribution is 8.01. The summed E-state index contributed by atoms with van der Waals surface area (Å²) in [5.41, 5.74) is 1.28. The predicted octanol–water partition coefficient (Wildman–Crippen LogP) is 3.74. The SMILES string of the molecule is Cc1sc2nc(CN3CCCC3)nc(Sc3nnc(N4CCOCC4)s3)c2c1C. The molecule has 5 rings (SSSR count). The number of rotatable bonds is 5. The number of nitrogens with zero attached hydrogens (tertiary/aromatic N) is 6. The van der Waals surface area contributed by atoms with Gasteiger partial charge in [0.1, 0.15) is 15.7 Å². The van der Waals surface area contributed by atoms with Crippen molar-refractivity contribution in [1.82, 2.24) is 25.1 Å². The number of anilines is 1. The Morgan fingerprint density at radius 1 is 1.00 bits per heavy atom. The Morgan fingerprint density at radius 3 is 2.59 bits per heavy atom. The van der Waals surface area contributed by atoms with E-state index in [1.807, 2.05) is 0 Å². The maximum atomic E-state index is 5.44. The van der Waals surface area contributed by atoms with E-state index in [9.17, 15) is 0 Å². The van der Waals surface area contributed by atoms with E-state index in [0.717, 1.165) is 71.1 Å². The molecule has 2 aliphatic rings. The molecule has 7 nitrogen and oxygen atoms in total. The van der Waals surface area contributed by atoms with Crippen LogP contribution >= 0.6 is 34.4 Å². The molecule has 2 aliphatic heterocycles. The van der Waals surface area contributed by atoms with Crippen molar-refractivity contribution in [3.63, 3.8) is 0 Å². The van der Waals surface area contributed by atoms with Crippen molar-refractivity contribution in [3.05, 3.63) is 16.3 Å². The molecule has 0 aromatic carbocycles. The van der Waals surface area contributed by atoms with Crippen molar-refractivity contribution in [2.75, 3.05) is 44.3 Å². The fourth-order valence-electron chi connectivity index (χ4n) is 3.75. The van der Waals surface area contributed by atoms with Gasteiger partial charge in [-0.05, 0) is 57.1 Å². The molecule has 10 heteroatoms. The molecule has 154 valence electrons. The van der Waals surface area contributed by atoms with Gasteiger partial charge in [0.05, 0.1) is 19.8 Å². The third-order valence-electron chi connectivity index (χ3n) is 5.47. The second-order valence-electron chi connectivity index (χ2n) is 7.44. The summed E-state index contributed by atoms with van der Waals surface area (Å²) in [5, 5.41) is 12.0. The minimum absolute atomic E-state index is 0.752. The first-order valence-corrected chi connectivity index (χ1v) is 12.5. The quantitative estimate of drug-likeness (QED) is 0.547. The van der Waals surface area contributed by atoms with Crippen LogP contribution in [0.15, 0.2) is 9.37 Å². The lowest BCUT2D eigenvalue weighted by Crippen LogP contribution is -2.36. The summed E-state index contributed by atoms with van der Waals surface area (Å²) in [6.07, 6.45) is 2.55. The van der Waals surface area contributed by atoms with Gasteiger partial charge in [-0.2, -0.15) is 0 Å². The summed E-state index contributed by atoms with van der Waals surface area (Å²) in [5.74, 6) is 0.918. The van der Waals surface area contributed by atoms with Crippen molar-refractivity contribution in [2.24, 2.45) is 0 Å². The summed E-state index contributed by atoms with van der Waals surface area (Å²) >= 11 is 5.03. The van der Waals surface area contributed by atoms with Crippen LogP contribution in [-0.4, -0.2) is 64.5 Å². The Morgan fingerprint density at radius 2 is 1.79 bits per heavy atom. The molecular formula is C19H24N6OS3. The lowest BCUT2D eigenvalue weighted by molar-refractivity contribution is 0.122. The minimum Gasteiger partial charge on any atom is -0.378 e. The van der Waals surface area contributed by atoms with Crippen molar-refractivity contribution in [3.8, 4) is 0 Å². The van der Waals surface area contributed by atoms with Crippen LogP contribution in [0.1, 0.15) is 29.1 Å². The van der Waals surface area contributed by atoms with Crippen LogP contribution in [0.4, 0.5) is 5.13 Å². The Kier molecular flexibility index (Phi) is 5.70. The van der Waals surface area contributed by atoms with Gasteiger partial charge in [-0.1, -0.05) is 11.3 Å². The molecule has 5 heterocycles. The van der Waals surface area contributed by atoms with Gasteiger partial charge in [0, 0.05) is 23.4 Å². The highest BCUT2D eigenvalue weighted by Gasteiger charge is 2.21. The van der Waals surface area contributed by atoms with E-state index in [1.54, 1.807) is 34.4 Å². The molecule has 0 spiro atoms. The second kappa shape index (κ2) is 8.43. The fourth-order valence-corrected chi connectivity index (χ4v) is 6.87. The molecule has 0 amide bonds. The molecule has 0 radical (unpaired) electrons. The third kappa shape index (κ3) is 4.13. The maximum Gasteiger partial charge on any atom is 0.209 e. The van der Waals surface area contributed by atoms with E-state index in [1.165, 1.54) is 28.7 Å². The molecule has 29 heavy (non-hydrogen) atoms. The fraction of sp³-hybridized carbons (Fsp3) is 0.579. The number of likely N-dealkylation sites (tertiary alicyclic amines) is 1. The summed E-state index contributed by atoms with van der Waals surface area (Å²) in [6, 6.07) is 0. The van der Waals surface area contributed by atoms with Gasteiger partial charge in [0.15, 0.2) is 4.34 Å². The average molecular weight is 449 g/mol. The van der Waals surface area contributed by atoms with Gasteiger partial charge < -0.3 is 9.64 Å². The minimum atomic E-state index is 0.752. The zero-order valence-electron chi connectivity index (χ0n) is 16.7. The highest BCUT2D eigenvalue weighted by Crippen LogP contribution is 2.40. The van der Waals surface area contributed by atoms with Crippen LogP contribution in [-0.2, 0) is 11.3 Å². The predicted molar refractivity (Wildman–Crippen MR) is 118 cm³/mol. The first-order chi connectivity index (χ1) is 14.2. The second-order valence-corrected chi connectivity index (χ2v) is 10.8. The first-order valence-electron chi connectivity index (χ1n) is 10.0. The van der Waals surface area contributed by atoms with Crippen LogP contribution < -0.4 is 4.90 Å². The molecule has 0 saturated carbocycles. The Hall–Kier alpha value is -1.33. The number of morpholine rings is 1. The standard InChI is InChI=1S/C19H24N6OS3/c1-12-13(2)27-16-15(12)17(21-14(20-16)11-24-5-3-4-6-24)28-19-23-22-18(29-19)25-7-9-26-10-8-25/h3-11H2,1-2H3. The molecule has 2 saturated heterocycles. The number of fused-ring (bicyclic) bond motifs is 1. The lowest BCUT2D eigenvalue weighted by Gasteiger charge is -2.25. The molecule has 2 fully saturated rings. The number of aromatic nitrogens is 4. The molecule has 0 N–H and O–H groups in total. The zero-order valence-corrected chi connectivity index (χ0v) is 19.1. The molecule has 3 aromatic rings. The van der Waals surface area contributed by atoms with Crippen LogP contribution in [0, 0.1) is 13.8 Å². The van der Waals surface area contributed by atoms with Crippen LogP contribution in [0.25, 0.3) is 10.2 Å². The molecule has 0 unspecified atom stereocenters. The van der Waals surface area contributed by atoms with Gasteiger partial charge in [0.25, 0.3) is 0 Å². The van der Waals surface area contributed by atoms with Gasteiger partial charge in [0.2, 0.25) is 5.13 Å². The molecule has 0 bridgehead atoms. The molecule has 3 aromatic heterocycles. The number of hydrogen-bond acceptors (Lipinski definition) is 10. The van der Waals surface area contributed by atoms with Gasteiger partial charge in [-0.25, -0.2) is 9.97 Å². The maximum absolute atomic E-state index is 5.44. The smallest absolute Gasteiger partial charge is 0.209 e. The average Bonchev–Trinajstić information content (AvgIpc) is 3.45. The topological polar surface area (TPSA) is 67.3 Å². The van der Waals surface area contributed by atoms with Gasteiger partial charge in [-0.15, -0.1) is 21.5 Å². The molecule has 0 aliphatic carbocycles. The Balaban J connectivity index is 1.45. The Bertz CT molecular complexity index is 1010. The van der Waals surface area contributed by atoms with Gasteiger partial charge in [-0.3, -0.25) is 4.90 Å². The summed E-state index contributed by atoms with van der Waals surface area (Å²) in [7, 11) is 0.